The molecule has 3 aromatic rings. The van der Waals surface area contributed by atoms with E-state index in [2.05, 4.69) is 10.3 Å². The predicted molar refractivity (Wildman–Crippen MR) is 88.0 cm³/mol. The molecule has 1 heterocycles. The van der Waals surface area contributed by atoms with Crippen LogP contribution in [0.1, 0.15) is 6.92 Å². The smallest absolute Gasteiger partial charge is 0.417 e. The van der Waals surface area contributed by atoms with Crippen molar-refractivity contribution in [1.82, 2.24) is 9.55 Å². The third-order valence-corrected chi connectivity index (χ3v) is 3.32. The number of nitrogens with zero attached hydrogens (tertiary/aromatic N) is 2. The third kappa shape index (κ3) is 3.42. The number of carbonyl (C=O) groups excluding carboxylic acids is 1. The molecule has 1 aromatic heterocycles. The summed E-state index contributed by atoms with van der Waals surface area (Å²) in [4.78, 5) is 16.2. The van der Waals surface area contributed by atoms with Gasteiger partial charge in [0.2, 0.25) is 0 Å². The normalized spacial score (nSPS) is 10.5. The number of imidazole rings is 1. The molecular weight excluding hydrogens is 294 g/mol. The molecule has 0 bridgehead atoms. The van der Waals surface area contributed by atoms with Gasteiger partial charge in [-0.05, 0) is 43.3 Å². The molecule has 0 saturated carbocycles. The summed E-state index contributed by atoms with van der Waals surface area (Å²) in [6, 6.07) is 12.4. The molecule has 0 aliphatic heterocycles. The monoisotopic (exact) mass is 311 g/mol. The van der Waals surface area contributed by atoms with E-state index in [1.807, 2.05) is 24.6 Å². The van der Waals surface area contributed by atoms with Crippen LogP contribution in [-0.2, 0) is 7.05 Å². The van der Waals surface area contributed by atoms with Gasteiger partial charge in [-0.1, -0.05) is 0 Å². The first kappa shape index (κ1) is 14.9. The molecule has 3 rings (SSSR count). The Hall–Kier alpha value is -3.02. The fourth-order valence-corrected chi connectivity index (χ4v) is 2.23. The molecule has 6 nitrogen and oxygen atoms in total. The first-order valence-electron chi connectivity index (χ1n) is 7.28. The number of carbonyl (C=O) groups is 1. The van der Waals surface area contributed by atoms with Crippen molar-refractivity contribution in [2.75, 3.05) is 11.9 Å². The Labute approximate surface area is 133 Å². The lowest BCUT2D eigenvalue weighted by atomic mass is 10.3. The second-order valence-corrected chi connectivity index (χ2v) is 4.98. The maximum atomic E-state index is 11.9. The molecule has 0 fully saturated rings. The minimum atomic E-state index is -0.551. The lowest BCUT2D eigenvalue weighted by Gasteiger charge is -2.08. The molecule has 1 amide bonds. The SMILES string of the molecule is CCOc1ccc(NC(=O)Oc2ccc3c(c2)ncn3C)cc1. The van der Waals surface area contributed by atoms with Gasteiger partial charge in [0.25, 0.3) is 0 Å². The van der Waals surface area contributed by atoms with Gasteiger partial charge >= 0.3 is 6.09 Å². The van der Waals surface area contributed by atoms with Crippen LogP contribution in [-0.4, -0.2) is 22.3 Å². The van der Waals surface area contributed by atoms with Crippen molar-refractivity contribution in [2.24, 2.45) is 7.05 Å². The van der Waals surface area contributed by atoms with E-state index in [0.29, 0.717) is 18.0 Å². The molecule has 0 saturated heterocycles. The first-order valence-corrected chi connectivity index (χ1v) is 7.28. The Morgan fingerprint density at radius 3 is 2.65 bits per heavy atom. The molecular formula is C17H17N3O3. The summed E-state index contributed by atoms with van der Waals surface area (Å²) < 4.78 is 12.5. The molecule has 2 aromatic carbocycles. The highest BCUT2D eigenvalue weighted by atomic mass is 16.6. The highest BCUT2D eigenvalue weighted by Crippen LogP contribution is 2.20. The van der Waals surface area contributed by atoms with E-state index in [-0.39, 0.29) is 0 Å². The first-order chi connectivity index (χ1) is 11.2. The predicted octanol–water partition coefficient (Wildman–Crippen LogP) is 3.58. The average Bonchev–Trinajstić information content (AvgIpc) is 2.90. The van der Waals surface area contributed by atoms with Crippen molar-refractivity contribution < 1.29 is 14.3 Å². The van der Waals surface area contributed by atoms with Crippen LogP contribution in [0.25, 0.3) is 11.0 Å². The van der Waals surface area contributed by atoms with Crippen LogP contribution in [0.5, 0.6) is 11.5 Å². The molecule has 23 heavy (non-hydrogen) atoms. The summed E-state index contributed by atoms with van der Waals surface area (Å²) in [5.74, 6) is 1.20. The summed E-state index contributed by atoms with van der Waals surface area (Å²) >= 11 is 0. The van der Waals surface area contributed by atoms with Crippen LogP contribution in [0.15, 0.2) is 48.8 Å². The number of anilines is 1. The van der Waals surface area contributed by atoms with Crippen molar-refractivity contribution in [3.63, 3.8) is 0 Å². The zero-order valence-corrected chi connectivity index (χ0v) is 12.9. The Morgan fingerprint density at radius 1 is 1.17 bits per heavy atom. The van der Waals surface area contributed by atoms with Crippen LogP contribution in [0, 0.1) is 0 Å². The van der Waals surface area contributed by atoms with Crippen molar-refractivity contribution in [3.8, 4) is 11.5 Å². The van der Waals surface area contributed by atoms with Crippen LogP contribution in [0.3, 0.4) is 0 Å². The number of benzene rings is 2. The number of ether oxygens (including phenoxy) is 2. The maximum Gasteiger partial charge on any atom is 0.417 e. The zero-order chi connectivity index (χ0) is 16.2. The Balaban J connectivity index is 1.65. The molecule has 0 aliphatic rings. The summed E-state index contributed by atoms with van der Waals surface area (Å²) in [6.45, 7) is 2.52. The highest BCUT2D eigenvalue weighted by Gasteiger charge is 2.07. The van der Waals surface area contributed by atoms with E-state index in [4.69, 9.17) is 9.47 Å². The largest absolute Gasteiger partial charge is 0.494 e. The van der Waals surface area contributed by atoms with E-state index in [9.17, 15) is 4.79 Å². The minimum absolute atomic E-state index is 0.444. The van der Waals surface area contributed by atoms with Gasteiger partial charge in [-0.3, -0.25) is 5.32 Å². The minimum Gasteiger partial charge on any atom is -0.494 e. The molecule has 0 atom stereocenters. The van der Waals surface area contributed by atoms with Crippen LogP contribution < -0.4 is 14.8 Å². The van der Waals surface area contributed by atoms with E-state index >= 15 is 0 Å². The van der Waals surface area contributed by atoms with Crippen molar-refractivity contribution >= 4 is 22.8 Å². The van der Waals surface area contributed by atoms with Crippen LogP contribution >= 0.6 is 0 Å². The van der Waals surface area contributed by atoms with E-state index < -0.39 is 6.09 Å². The Kier molecular flexibility index (Phi) is 4.14. The summed E-state index contributed by atoms with van der Waals surface area (Å²) in [6.07, 6.45) is 1.17. The molecule has 1 N–H and O–H groups in total. The van der Waals surface area contributed by atoms with Crippen LogP contribution in [0.2, 0.25) is 0 Å². The van der Waals surface area contributed by atoms with Crippen molar-refractivity contribution in [1.29, 1.82) is 0 Å². The fraction of sp³-hybridized carbons (Fsp3) is 0.176. The quantitative estimate of drug-likeness (QED) is 0.800. The standard InChI is InChI=1S/C17H17N3O3/c1-3-22-13-6-4-12(5-7-13)19-17(21)23-14-8-9-16-15(10-14)18-11-20(16)2/h4-11H,3H2,1-2H3,(H,19,21). The number of aromatic nitrogens is 2. The number of hydrogen-bond acceptors (Lipinski definition) is 4. The number of fused-ring (bicyclic) bond motifs is 1. The fourth-order valence-electron chi connectivity index (χ4n) is 2.23. The van der Waals surface area contributed by atoms with Gasteiger partial charge in [0, 0.05) is 18.8 Å². The number of aryl methyl sites for hydroxylation is 1. The maximum absolute atomic E-state index is 11.9. The number of hydrogen-bond donors (Lipinski definition) is 1. The van der Waals surface area contributed by atoms with E-state index in [0.717, 1.165) is 16.8 Å². The van der Waals surface area contributed by atoms with Gasteiger partial charge in [0.05, 0.1) is 24.0 Å². The van der Waals surface area contributed by atoms with E-state index in [1.54, 1.807) is 42.7 Å². The van der Waals surface area contributed by atoms with Gasteiger partial charge in [-0.25, -0.2) is 9.78 Å². The molecule has 0 spiro atoms. The van der Waals surface area contributed by atoms with Gasteiger partial charge in [0.15, 0.2) is 0 Å². The topological polar surface area (TPSA) is 65.4 Å². The summed E-state index contributed by atoms with van der Waals surface area (Å²) in [5, 5.41) is 2.67. The molecule has 0 aliphatic carbocycles. The zero-order valence-electron chi connectivity index (χ0n) is 12.9. The van der Waals surface area contributed by atoms with E-state index in [1.165, 1.54) is 0 Å². The second kappa shape index (κ2) is 6.39. The lowest BCUT2D eigenvalue weighted by Crippen LogP contribution is -2.16. The summed E-state index contributed by atoms with van der Waals surface area (Å²) in [7, 11) is 1.91. The third-order valence-electron chi connectivity index (χ3n) is 3.32. The van der Waals surface area contributed by atoms with Gasteiger partial charge in [-0.2, -0.15) is 0 Å². The van der Waals surface area contributed by atoms with Crippen LogP contribution in [0.4, 0.5) is 10.5 Å². The van der Waals surface area contributed by atoms with Gasteiger partial charge < -0.3 is 14.0 Å². The van der Waals surface area contributed by atoms with Gasteiger partial charge in [0.1, 0.15) is 11.5 Å². The molecule has 6 heteroatoms. The lowest BCUT2D eigenvalue weighted by molar-refractivity contribution is 0.215. The number of rotatable bonds is 4. The van der Waals surface area contributed by atoms with Crippen molar-refractivity contribution in [2.45, 2.75) is 6.92 Å². The van der Waals surface area contributed by atoms with Crippen molar-refractivity contribution in [3.05, 3.63) is 48.8 Å². The Morgan fingerprint density at radius 2 is 1.91 bits per heavy atom. The molecule has 0 unspecified atom stereocenters. The second-order valence-electron chi connectivity index (χ2n) is 4.98. The Bertz CT molecular complexity index is 825. The summed E-state index contributed by atoms with van der Waals surface area (Å²) in [5.41, 5.74) is 2.39. The molecule has 0 radical (unpaired) electrons. The number of nitrogens with one attached hydrogen (secondary N) is 1. The molecule has 118 valence electrons. The van der Waals surface area contributed by atoms with Gasteiger partial charge in [-0.15, -0.1) is 0 Å². The highest BCUT2D eigenvalue weighted by molar-refractivity contribution is 5.87. The average molecular weight is 311 g/mol. The number of amides is 1.